The summed E-state index contributed by atoms with van der Waals surface area (Å²) in [6.07, 6.45) is 1.43. The Morgan fingerprint density at radius 3 is 2.11 bits per heavy atom. The van der Waals surface area contributed by atoms with Gasteiger partial charge in [0, 0.05) is 5.56 Å². The van der Waals surface area contributed by atoms with E-state index in [9.17, 15) is 19.2 Å². The molecule has 0 radical (unpaired) electrons. The molecule has 0 saturated carbocycles. The van der Waals surface area contributed by atoms with Crippen LogP contribution in [0.4, 0.5) is 5.69 Å². The average Bonchev–Trinajstić information content (AvgIpc) is 3.16. The fraction of sp³-hybridized carbons (Fsp3) is 0.107. The molecule has 2 aliphatic rings. The summed E-state index contributed by atoms with van der Waals surface area (Å²) < 4.78 is 10.6. The molecule has 0 unspecified atom stereocenters. The third-order valence-electron chi connectivity index (χ3n) is 6.25. The monoisotopic (exact) mass is 527 g/mol. The van der Waals surface area contributed by atoms with Crippen molar-refractivity contribution in [3.8, 4) is 11.5 Å². The molecule has 0 aromatic heterocycles. The normalized spacial score (nSPS) is 16.2. The number of benzene rings is 3. The van der Waals surface area contributed by atoms with Crippen LogP contribution < -0.4 is 19.7 Å². The number of imide groups is 1. The van der Waals surface area contributed by atoms with E-state index in [0.29, 0.717) is 39.4 Å². The molecule has 10 heteroatoms. The molecule has 190 valence electrons. The van der Waals surface area contributed by atoms with Crippen molar-refractivity contribution in [1.29, 1.82) is 0 Å². The van der Waals surface area contributed by atoms with Gasteiger partial charge in [-0.1, -0.05) is 18.2 Å². The predicted molar refractivity (Wildman–Crippen MR) is 143 cm³/mol. The molecule has 3 aromatic carbocycles. The van der Waals surface area contributed by atoms with Crippen molar-refractivity contribution in [2.45, 2.75) is 6.54 Å². The van der Waals surface area contributed by atoms with Crippen LogP contribution in [-0.2, 0) is 16.1 Å². The second kappa shape index (κ2) is 9.91. The molecule has 1 fully saturated rings. The second-order valence-electron chi connectivity index (χ2n) is 8.47. The average molecular weight is 528 g/mol. The van der Waals surface area contributed by atoms with Gasteiger partial charge in [-0.15, -0.1) is 0 Å². The van der Waals surface area contributed by atoms with Crippen molar-refractivity contribution in [3.63, 3.8) is 0 Å². The number of methoxy groups -OCH3 is 2. The van der Waals surface area contributed by atoms with Crippen LogP contribution >= 0.6 is 12.2 Å². The maximum absolute atomic E-state index is 13.4. The molecule has 3 aromatic rings. The van der Waals surface area contributed by atoms with Gasteiger partial charge in [-0.3, -0.25) is 34.3 Å². The zero-order chi connectivity index (χ0) is 27.0. The first-order valence-electron chi connectivity index (χ1n) is 11.5. The number of ether oxygens (including phenoxy) is 2. The van der Waals surface area contributed by atoms with Crippen LogP contribution in [0, 0.1) is 0 Å². The molecule has 0 spiro atoms. The Morgan fingerprint density at radius 1 is 0.842 bits per heavy atom. The van der Waals surface area contributed by atoms with Crippen LogP contribution in [0.2, 0.25) is 0 Å². The second-order valence-corrected chi connectivity index (χ2v) is 8.86. The van der Waals surface area contributed by atoms with Gasteiger partial charge in [0.15, 0.2) is 5.11 Å². The van der Waals surface area contributed by atoms with E-state index in [0.717, 1.165) is 4.90 Å². The summed E-state index contributed by atoms with van der Waals surface area (Å²) in [5.41, 5.74) is 2.04. The highest BCUT2D eigenvalue weighted by Gasteiger charge is 2.36. The number of thiocarbonyl (C=S) groups is 1. The molecular weight excluding hydrogens is 506 g/mol. The molecule has 4 amide bonds. The lowest BCUT2D eigenvalue weighted by Crippen LogP contribution is -2.54. The number of hydrogen-bond acceptors (Lipinski definition) is 7. The third kappa shape index (κ3) is 4.31. The highest BCUT2D eigenvalue weighted by atomic mass is 32.1. The predicted octanol–water partition coefficient (Wildman–Crippen LogP) is 3.33. The standard InChI is InChI=1S/C28H21N3O6S/c1-36-19-10-8-18(9-11-19)31-27(35)22(24(32)29-28(31)38)14-16-7-12-23(37-2)17(13-16)15-30-25(33)20-5-3-4-6-21(20)26(30)34/h3-14H,15H2,1-2H3,(H,29,32,38). The fourth-order valence-corrected chi connectivity index (χ4v) is 4.64. The van der Waals surface area contributed by atoms with Gasteiger partial charge >= 0.3 is 0 Å². The Balaban J connectivity index is 1.46. The first kappa shape index (κ1) is 24.8. The van der Waals surface area contributed by atoms with Crippen molar-refractivity contribution < 1.29 is 28.7 Å². The zero-order valence-corrected chi connectivity index (χ0v) is 21.2. The van der Waals surface area contributed by atoms with Crippen LogP contribution in [0.15, 0.2) is 72.3 Å². The number of fused-ring (bicyclic) bond motifs is 1. The lowest BCUT2D eigenvalue weighted by molar-refractivity contribution is -0.122. The number of nitrogens with one attached hydrogen (secondary N) is 1. The number of carbonyl (C=O) groups is 4. The van der Waals surface area contributed by atoms with E-state index < -0.39 is 23.6 Å². The molecule has 5 rings (SSSR count). The molecular formula is C28H21N3O6S. The van der Waals surface area contributed by atoms with E-state index in [-0.39, 0.29) is 17.2 Å². The number of rotatable bonds is 6. The van der Waals surface area contributed by atoms with Gasteiger partial charge < -0.3 is 9.47 Å². The number of nitrogens with zero attached hydrogens (tertiary/aromatic N) is 2. The number of anilines is 1. The summed E-state index contributed by atoms with van der Waals surface area (Å²) in [5, 5.41) is 2.51. The molecule has 2 aliphatic heterocycles. The maximum atomic E-state index is 13.4. The molecule has 2 heterocycles. The van der Waals surface area contributed by atoms with Crippen molar-refractivity contribution in [3.05, 3.63) is 94.6 Å². The fourth-order valence-electron chi connectivity index (χ4n) is 4.35. The van der Waals surface area contributed by atoms with Crippen molar-refractivity contribution in [2.75, 3.05) is 19.1 Å². The lowest BCUT2D eigenvalue weighted by Gasteiger charge is -2.29. The van der Waals surface area contributed by atoms with E-state index in [4.69, 9.17) is 21.7 Å². The summed E-state index contributed by atoms with van der Waals surface area (Å²) in [6, 6.07) is 18.3. The Hall–Kier alpha value is -4.83. The van der Waals surface area contributed by atoms with Gasteiger partial charge in [0.25, 0.3) is 23.6 Å². The van der Waals surface area contributed by atoms with Crippen LogP contribution in [0.1, 0.15) is 31.8 Å². The van der Waals surface area contributed by atoms with Gasteiger partial charge in [0.1, 0.15) is 17.1 Å². The lowest BCUT2D eigenvalue weighted by atomic mass is 10.0. The minimum absolute atomic E-state index is 0.0386. The summed E-state index contributed by atoms with van der Waals surface area (Å²) in [7, 11) is 3.01. The van der Waals surface area contributed by atoms with Crippen molar-refractivity contribution >= 4 is 52.7 Å². The van der Waals surface area contributed by atoms with Gasteiger partial charge in [-0.2, -0.15) is 0 Å². The summed E-state index contributed by atoms with van der Waals surface area (Å²) >= 11 is 5.26. The van der Waals surface area contributed by atoms with Crippen LogP contribution in [0.25, 0.3) is 6.08 Å². The Kier molecular flexibility index (Phi) is 6.48. The third-order valence-corrected chi connectivity index (χ3v) is 6.54. The summed E-state index contributed by atoms with van der Waals surface area (Å²) in [4.78, 5) is 54.2. The van der Waals surface area contributed by atoms with Crippen LogP contribution in [-0.4, -0.2) is 47.9 Å². The minimum Gasteiger partial charge on any atom is -0.497 e. The van der Waals surface area contributed by atoms with Crippen molar-refractivity contribution in [1.82, 2.24) is 10.2 Å². The van der Waals surface area contributed by atoms with Crippen LogP contribution in [0.3, 0.4) is 0 Å². The number of amides is 4. The van der Waals surface area contributed by atoms with E-state index in [1.54, 1.807) is 66.7 Å². The number of hydrogen-bond donors (Lipinski definition) is 1. The Bertz CT molecular complexity index is 1510. The molecule has 38 heavy (non-hydrogen) atoms. The van der Waals surface area contributed by atoms with Crippen LogP contribution in [0.5, 0.6) is 11.5 Å². The highest BCUT2D eigenvalue weighted by Crippen LogP contribution is 2.29. The molecule has 0 aliphatic carbocycles. The van der Waals surface area contributed by atoms with Gasteiger partial charge in [0.2, 0.25) is 0 Å². The molecule has 1 saturated heterocycles. The van der Waals surface area contributed by atoms with E-state index in [1.165, 1.54) is 25.2 Å². The molecule has 0 bridgehead atoms. The number of carbonyl (C=O) groups excluding carboxylic acids is 4. The van der Waals surface area contributed by atoms with Gasteiger partial charge in [0.05, 0.1) is 37.6 Å². The van der Waals surface area contributed by atoms with Gasteiger partial charge in [-0.05, 0) is 72.4 Å². The Labute approximate surface area is 223 Å². The molecule has 0 atom stereocenters. The van der Waals surface area contributed by atoms with Gasteiger partial charge in [-0.25, -0.2) is 0 Å². The van der Waals surface area contributed by atoms with E-state index in [1.807, 2.05) is 0 Å². The zero-order valence-electron chi connectivity index (χ0n) is 20.4. The molecule has 1 N–H and O–H groups in total. The largest absolute Gasteiger partial charge is 0.497 e. The summed E-state index contributed by atoms with van der Waals surface area (Å²) in [5.74, 6) is -0.982. The minimum atomic E-state index is -0.637. The SMILES string of the molecule is COc1ccc(N2C(=O)C(=Cc3ccc(OC)c(CN4C(=O)c5ccccc5C4=O)c3)C(=O)NC2=S)cc1. The first-order chi connectivity index (χ1) is 18.3. The van der Waals surface area contributed by atoms with Crippen molar-refractivity contribution in [2.24, 2.45) is 0 Å². The smallest absolute Gasteiger partial charge is 0.270 e. The quantitative estimate of drug-likeness (QED) is 0.227. The summed E-state index contributed by atoms with van der Waals surface area (Å²) in [6.45, 7) is -0.0469. The highest BCUT2D eigenvalue weighted by molar-refractivity contribution is 7.80. The molecule has 9 nitrogen and oxygen atoms in total. The van der Waals surface area contributed by atoms with E-state index >= 15 is 0 Å². The maximum Gasteiger partial charge on any atom is 0.270 e. The Morgan fingerprint density at radius 2 is 1.50 bits per heavy atom. The topological polar surface area (TPSA) is 105 Å². The first-order valence-corrected chi connectivity index (χ1v) is 11.9. The van der Waals surface area contributed by atoms with E-state index in [2.05, 4.69) is 5.32 Å².